The molecule has 0 spiro atoms. The monoisotopic (exact) mass is 346 g/mol. The molecule has 2 aromatic rings. The minimum Gasteiger partial charge on any atom is -0.454 e. The lowest BCUT2D eigenvalue weighted by Crippen LogP contribution is -2.47. The molecule has 1 atom stereocenters. The predicted molar refractivity (Wildman–Crippen MR) is 91.8 cm³/mol. The zero-order valence-electron chi connectivity index (χ0n) is 13.5. The standard InChI is InChI=1S/C17H19ClN4O2/c1-12(13-2-3-14-15(10-13)24-11-23-14)21-6-8-22(9-7-21)16-4-5-19-17(18)20-16/h2-5,10,12H,6-9,11H2,1H3. The van der Waals surface area contributed by atoms with E-state index < -0.39 is 0 Å². The molecule has 1 saturated heterocycles. The molecule has 2 aliphatic rings. The molecule has 126 valence electrons. The number of aromatic nitrogens is 2. The van der Waals surface area contributed by atoms with Crippen molar-refractivity contribution < 1.29 is 9.47 Å². The summed E-state index contributed by atoms with van der Waals surface area (Å²) in [7, 11) is 0. The molecule has 0 radical (unpaired) electrons. The molecule has 0 N–H and O–H groups in total. The molecular formula is C17H19ClN4O2. The topological polar surface area (TPSA) is 50.7 Å². The van der Waals surface area contributed by atoms with Gasteiger partial charge in [-0.25, -0.2) is 9.97 Å². The van der Waals surface area contributed by atoms with Crippen LogP contribution in [0, 0.1) is 0 Å². The highest BCUT2D eigenvalue weighted by Gasteiger charge is 2.24. The lowest BCUT2D eigenvalue weighted by Gasteiger charge is -2.38. The van der Waals surface area contributed by atoms with Crippen LogP contribution < -0.4 is 14.4 Å². The van der Waals surface area contributed by atoms with E-state index in [-0.39, 0.29) is 0 Å². The first-order valence-electron chi connectivity index (χ1n) is 8.08. The van der Waals surface area contributed by atoms with Crippen LogP contribution in [0.2, 0.25) is 5.28 Å². The van der Waals surface area contributed by atoms with Crippen LogP contribution in [-0.2, 0) is 0 Å². The molecule has 1 unspecified atom stereocenters. The zero-order chi connectivity index (χ0) is 16.5. The third-order valence-electron chi connectivity index (χ3n) is 4.68. The number of hydrogen-bond acceptors (Lipinski definition) is 6. The molecule has 1 aromatic heterocycles. The summed E-state index contributed by atoms with van der Waals surface area (Å²) < 4.78 is 10.9. The van der Waals surface area contributed by atoms with Crippen LogP contribution in [0.5, 0.6) is 11.5 Å². The molecule has 2 aliphatic heterocycles. The van der Waals surface area contributed by atoms with E-state index in [0.29, 0.717) is 18.1 Å². The highest BCUT2D eigenvalue weighted by molar-refractivity contribution is 6.28. The molecule has 6 nitrogen and oxygen atoms in total. The maximum absolute atomic E-state index is 5.89. The third-order valence-corrected chi connectivity index (χ3v) is 4.86. The molecular weight excluding hydrogens is 328 g/mol. The van der Waals surface area contributed by atoms with Crippen molar-refractivity contribution in [3.8, 4) is 11.5 Å². The van der Waals surface area contributed by atoms with Gasteiger partial charge in [0.15, 0.2) is 11.5 Å². The Morgan fingerprint density at radius 1 is 1.08 bits per heavy atom. The van der Waals surface area contributed by atoms with Crippen LogP contribution in [0.15, 0.2) is 30.5 Å². The summed E-state index contributed by atoms with van der Waals surface area (Å²) in [6.45, 7) is 6.32. The minimum absolute atomic E-state index is 0.295. The molecule has 3 heterocycles. The molecule has 0 aliphatic carbocycles. The fourth-order valence-corrected chi connectivity index (χ4v) is 3.37. The zero-order valence-corrected chi connectivity index (χ0v) is 14.2. The van der Waals surface area contributed by atoms with Crippen molar-refractivity contribution in [3.63, 3.8) is 0 Å². The van der Waals surface area contributed by atoms with Crippen molar-refractivity contribution in [2.75, 3.05) is 37.9 Å². The maximum atomic E-state index is 5.89. The van der Waals surface area contributed by atoms with Crippen LogP contribution in [0.4, 0.5) is 5.82 Å². The Labute approximate surface area is 146 Å². The number of fused-ring (bicyclic) bond motifs is 1. The Hall–Kier alpha value is -2.05. The summed E-state index contributed by atoms with van der Waals surface area (Å²) in [6, 6.07) is 8.43. The first-order valence-corrected chi connectivity index (χ1v) is 8.45. The van der Waals surface area contributed by atoms with E-state index in [0.717, 1.165) is 43.5 Å². The van der Waals surface area contributed by atoms with Crippen LogP contribution in [0.1, 0.15) is 18.5 Å². The Bertz CT molecular complexity index is 734. The van der Waals surface area contributed by atoms with Gasteiger partial charge in [0.25, 0.3) is 0 Å². The van der Waals surface area contributed by atoms with Gasteiger partial charge in [0, 0.05) is 38.4 Å². The highest BCUT2D eigenvalue weighted by atomic mass is 35.5. The lowest BCUT2D eigenvalue weighted by atomic mass is 10.1. The Morgan fingerprint density at radius 3 is 2.67 bits per heavy atom. The molecule has 0 saturated carbocycles. The van der Waals surface area contributed by atoms with Crippen LogP contribution in [0.3, 0.4) is 0 Å². The fourth-order valence-electron chi connectivity index (χ4n) is 3.22. The van der Waals surface area contributed by atoms with E-state index in [2.05, 4.69) is 38.8 Å². The smallest absolute Gasteiger partial charge is 0.231 e. The Kier molecular flexibility index (Phi) is 4.16. The number of halogens is 1. The minimum atomic E-state index is 0.295. The first-order chi connectivity index (χ1) is 11.7. The second-order valence-electron chi connectivity index (χ2n) is 6.00. The summed E-state index contributed by atoms with van der Waals surface area (Å²) in [6.07, 6.45) is 1.70. The van der Waals surface area contributed by atoms with Gasteiger partial charge >= 0.3 is 0 Å². The normalized spacial score (nSPS) is 18.7. The van der Waals surface area contributed by atoms with Gasteiger partial charge in [-0.1, -0.05) is 6.07 Å². The maximum Gasteiger partial charge on any atom is 0.231 e. The molecule has 7 heteroatoms. The van der Waals surface area contributed by atoms with Crippen LogP contribution in [-0.4, -0.2) is 47.8 Å². The van der Waals surface area contributed by atoms with E-state index in [1.807, 2.05) is 12.1 Å². The quantitative estimate of drug-likeness (QED) is 0.796. The lowest BCUT2D eigenvalue weighted by molar-refractivity contribution is 0.173. The fraction of sp³-hybridized carbons (Fsp3) is 0.412. The average molecular weight is 347 g/mol. The van der Waals surface area contributed by atoms with Crippen LogP contribution in [0.25, 0.3) is 0 Å². The highest BCUT2D eigenvalue weighted by Crippen LogP contribution is 2.35. The molecule has 24 heavy (non-hydrogen) atoms. The van der Waals surface area contributed by atoms with Gasteiger partial charge in [-0.2, -0.15) is 0 Å². The molecule has 1 aromatic carbocycles. The second kappa shape index (κ2) is 6.45. The van der Waals surface area contributed by atoms with Gasteiger partial charge in [0.05, 0.1) is 0 Å². The van der Waals surface area contributed by atoms with Gasteiger partial charge in [-0.15, -0.1) is 0 Å². The number of hydrogen-bond donors (Lipinski definition) is 0. The molecule has 0 amide bonds. The predicted octanol–water partition coefficient (Wildman–Crippen LogP) is 2.74. The van der Waals surface area contributed by atoms with Gasteiger partial charge < -0.3 is 14.4 Å². The number of benzene rings is 1. The van der Waals surface area contributed by atoms with E-state index in [1.54, 1.807) is 6.20 Å². The first kappa shape index (κ1) is 15.5. The molecule has 1 fully saturated rings. The van der Waals surface area contributed by atoms with Gasteiger partial charge in [-0.3, -0.25) is 4.90 Å². The summed E-state index contributed by atoms with van der Waals surface area (Å²) in [5.41, 5.74) is 1.25. The third kappa shape index (κ3) is 2.99. The summed E-state index contributed by atoms with van der Waals surface area (Å²) in [4.78, 5) is 13.0. The van der Waals surface area contributed by atoms with E-state index in [1.165, 1.54) is 5.56 Å². The van der Waals surface area contributed by atoms with Crippen molar-refractivity contribution in [3.05, 3.63) is 41.3 Å². The van der Waals surface area contributed by atoms with Crippen molar-refractivity contribution in [1.82, 2.24) is 14.9 Å². The molecule has 4 rings (SSSR count). The molecule has 0 bridgehead atoms. The number of piperazine rings is 1. The number of nitrogens with zero attached hydrogens (tertiary/aromatic N) is 4. The summed E-state index contributed by atoms with van der Waals surface area (Å²) in [5, 5.41) is 0.295. The van der Waals surface area contributed by atoms with Gasteiger partial charge in [0.2, 0.25) is 12.1 Å². The number of rotatable bonds is 3. The number of anilines is 1. The van der Waals surface area contributed by atoms with Crippen molar-refractivity contribution >= 4 is 17.4 Å². The van der Waals surface area contributed by atoms with E-state index in [9.17, 15) is 0 Å². The SMILES string of the molecule is CC(c1ccc2c(c1)OCO2)N1CCN(c2ccnc(Cl)n2)CC1. The van der Waals surface area contributed by atoms with Gasteiger partial charge in [0.1, 0.15) is 5.82 Å². The number of ether oxygens (including phenoxy) is 2. The van der Waals surface area contributed by atoms with E-state index >= 15 is 0 Å². The summed E-state index contributed by atoms with van der Waals surface area (Å²) >= 11 is 5.89. The van der Waals surface area contributed by atoms with Crippen molar-refractivity contribution in [1.29, 1.82) is 0 Å². The largest absolute Gasteiger partial charge is 0.454 e. The second-order valence-corrected chi connectivity index (χ2v) is 6.33. The summed E-state index contributed by atoms with van der Waals surface area (Å²) in [5.74, 6) is 2.57. The average Bonchev–Trinajstić information content (AvgIpc) is 3.09. The van der Waals surface area contributed by atoms with Crippen molar-refractivity contribution in [2.45, 2.75) is 13.0 Å². The Morgan fingerprint density at radius 2 is 1.88 bits per heavy atom. The van der Waals surface area contributed by atoms with Gasteiger partial charge in [-0.05, 0) is 42.3 Å². The van der Waals surface area contributed by atoms with Crippen molar-refractivity contribution in [2.24, 2.45) is 0 Å². The Balaban J connectivity index is 1.42. The van der Waals surface area contributed by atoms with Crippen LogP contribution >= 0.6 is 11.6 Å². The van der Waals surface area contributed by atoms with E-state index in [4.69, 9.17) is 21.1 Å².